The van der Waals surface area contributed by atoms with E-state index >= 15 is 0 Å². The van der Waals surface area contributed by atoms with Crippen LogP contribution >= 0.6 is 11.6 Å². The van der Waals surface area contributed by atoms with Gasteiger partial charge in [-0.15, -0.1) is 0 Å². The number of benzene rings is 2. The van der Waals surface area contributed by atoms with E-state index in [1.54, 1.807) is 17.0 Å². The number of carbonyl (C=O) groups is 1. The van der Waals surface area contributed by atoms with Crippen molar-refractivity contribution in [2.75, 3.05) is 27.6 Å². The van der Waals surface area contributed by atoms with Crippen molar-refractivity contribution >= 4 is 44.7 Å². The Morgan fingerprint density at radius 2 is 1.91 bits per heavy atom. The zero-order valence-corrected chi connectivity index (χ0v) is 19.3. The molecule has 1 aromatic heterocycles. The van der Waals surface area contributed by atoms with E-state index < -0.39 is 10.0 Å². The molecule has 1 N–H and O–H groups in total. The van der Waals surface area contributed by atoms with Crippen molar-refractivity contribution in [1.82, 2.24) is 9.97 Å². The summed E-state index contributed by atoms with van der Waals surface area (Å²) in [6, 6.07) is 13.4. The van der Waals surface area contributed by atoms with Crippen molar-refractivity contribution in [3.63, 3.8) is 0 Å². The van der Waals surface area contributed by atoms with Gasteiger partial charge in [-0.2, -0.15) is 0 Å². The number of anilines is 3. The van der Waals surface area contributed by atoms with Crippen molar-refractivity contribution in [3.05, 3.63) is 71.6 Å². The molecule has 2 aliphatic heterocycles. The molecule has 2 aliphatic rings. The lowest BCUT2D eigenvalue weighted by atomic mass is 9.99. The van der Waals surface area contributed by atoms with Crippen molar-refractivity contribution in [2.45, 2.75) is 30.2 Å². The Bertz CT molecular complexity index is 1290. The van der Waals surface area contributed by atoms with Gasteiger partial charge in [-0.1, -0.05) is 11.6 Å². The Morgan fingerprint density at radius 3 is 2.67 bits per heavy atom. The summed E-state index contributed by atoms with van der Waals surface area (Å²) in [5.74, 6) is 0.210. The van der Waals surface area contributed by atoms with E-state index in [0.29, 0.717) is 23.7 Å². The lowest BCUT2D eigenvalue weighted by Crippen LogP contribution is -2.44. The average Bonchev–Trinajstić information content (AvgIpc) is 3.20. The molecule has 0 saturated carbocycles. The molecule has 1 fully saturated rings. The summed E-state index contributed by atoms with van der Waals surface area (Å²) < 4.78 is 27.7. The highest BCUT2D eigenvalue weighted by molar-refractivity contribution is 7.92. The minimum atomic E-state index is -3.79. The molecule has 0 bridgehead atoms. The number of rotatable bonds is 5. The van der Waals surface area contributed by atoms with Crippen molar-refractivity contribution < 1.29 is 14.6 Å². The van der Waals surface area contributed by atoms with Crippen LogP contribution in [0.2, 0.25) is 5.02 Å². The predicted molar refractivity (Wildman–Crippen MR) is 129 cm³/mol. The standard InChI is InChI=1S/C23H22ClN5O3S.H2/c24-17-3-8-20-16(14-17)2-1-12-29(20)21-10-13-28(23(21)30)18-4-6-19(7-5-18)33(31,32)27-22-9-11-25-15-26-22;/h3-9,11,14-15,21H,1-2,10,12-13H2,(H,25,26,27);1H/t21-;/m0./s1. The molecule has 0 aliphatic carbocycles. The van der Waals surface area contributed by atoms with Gasteiger partial charge in [0.15, 0.2) is 0 Å². The number of hydrogen-bond donors (Lipinski definition) is 1. The molecule has 1 amide bonds. The molecule has 10 heteroatoms. The van der Waals surface area contributed by atoms with Gasteiger partial charge in [-0.05, 0) is 73.4 Å². The second kappa shape index (κ2) is 8.64. The number of halogens is 1. The molecule has 5 rings (SSSR count). The lowest BCUT2D eigenvalue weighted by Gasteiger charge is -2.35. The monoisotopic (exact) mass is 485 g/mol. The number of nitrogens with one attached hydrogen (secondary N) is 1. The Labute approximate surface area is 198 Å². The number of aromatic nitrogens is 2. The molecule has 3 heterocycles. The van der Waals surface area contributed by atoms with Gasteiger partial charge in [-0.25, -0.2) is 18.4 Å². The molecule has 8 nitrogen and oxygen atoms in total. The summed E-state index contributed by atoms with van der Waals surface area (Å²) in [4.78, 5) is 25.0. The van der Waals surface area contributed by atoms with Crippen LogP contribution in [-0.4, -0.2) is 43.4 Å². The number of aryl methyl sites for hydroxylation is 1. The third-order valence-corrected chi connectivity index (χ3v) is 7.63. The summed E-state index contributed by atoms with van der Waals surface area (Å²) in [6.07, 6.45) is 5.36. The molecule has 1 atom stereocenters. The summed E-state index contributed by atoms with van der Waals surface area (Å²) in [6.45, 7) is 1.40. The maximum Gasteiger partial charge on any atom is 0.263 e. The molecule has 172 valence electrons. The fraction of sp³-hybridized carbons (Fsp3) is 0.261. The first kappa shape index (κ1) is 21.7. The lowest BCUT2D eigenvalue weighted by molar-refractivity contribution is -0.118. The Balaban J connectivity index is 0.00000274. The predicted octanol–water partition coefficient (Wildman–Crippen LogP) is 3.73. The highest BCUT2D eigenvalue weighted by Gasteiger charge is 2.38. The molecule has 0 spiro atoms. The Kier molecular flexibility index (Phi) is 5.67. The van der Waals surface area contributed by atoms with Gasteiger partial charge in [0.1, 0.15) is 18.2 Å². The minimum Gasteiger partial charge on any atom is -0.359 e. The number of nitrogens with zero attached hydrogens (tertiary/aromatic N) is 4. The van der Waals surface area contributed by atoms with E-state index in [4.69, 9.17) is 11.6 Å². The van der Waals surface area contributed by atoms with Crippen LogP contribution in [0.5, 0.6) is 0 Å². The number of amides is 1. The van der Waals surface area contributed by atoms with Crippen molar-refractivity contribution in [3.8, 4) is 0 Å². The minimum absolute atomic E-state index is 0. The molecule has 1 saturated heterocycles. The average molecular weight is 486 g/mol. The fourth-order valence-electron chi connectivity index (χ4n) is 4.48. The number of fused-ring (bicyclic) bond motifs is 1. The zero-order valence-electron chi connectivity index (χ0n) is 17.7. The maximum atomic E-state index is 13.3. The fourth-order valence-corrected chi connectivity index (χ4v) is 5.68. The van der Waals surface area contributed by atoms with Crippen LogP contribution in [-0.2, 0) is 21.2 Å². The largest absolute Gasteiger partial charge is 0.359 e. The number of carbonyl (C=O) groups excluding carboxylic acids is 1. The van der Waals surface area contributed by atoms with Crippen LogP contribution in [0, 0.1) is 0 Å². The molecular formula is C23H24ClN5O3S. The summed E-state index contributed by atoms with van der Waals surface area (Å²) in [5, 5.41) is 0.708. The first-order valence-corrected chi connectivity index (χ1v) is 12.5. The topological polar surface area (TPSA) is 95.5 Å². The third kappa shape index (κ3) is 4.26. The number of hydrogen-bond acceptors (Lipinski definition) is 6. The van der Waals surface area contributed by atoms with Gasteiger partial charge in [0.2, 0.25) is 5.91 Å². The zero-order chi connectivity index (χ0) is 23.0. The second-order valence-corrected chi connectivity index (χ2v) is 10.2. The summed E-state index contributed by atoms with van der Waals surface area (Å²) in [5.41, 5.74) is 2.92. The van der Waals surface area contributed by atoms with Gasteiger partial charge in [0.25, 0.3) is 10.0 Å². The normalized spacial score (nSPS) is 18.3. The molecule has 2 aromatic carbocycles. The van der Waals surface area contributed by atoms with Crippen LogP contribution in [0.15, 0.2) is 66.0 Å². The second-order valence-electron chi connectivity index (χ2n) is 8.06. The van der Waals surface area contributed by atoms with Gasteiger partial charge >= 0.3 is 0 Å². The van der Waals surface area contributed by atoms with Crippen LogP contribution in [0.3, 0.4) is 0 Å². The molecule has 3 aromatic rings. The maximum absolute atomic E-state index is 13.3. The molecule has 33 heavy (non-hydrogen) atoms. The number of sulfonamides is 1. The molecule has 0 unspecified atom stereocenters. The van der Waals surface area contributed by atoms with E-state index in [-0.39, 0.29) is 24.1 Å². The molecule has 0 radical (unpaired) electrons. The van der Waals surface area contributed by atoms with Crippen LogP contribution in [0.4, 0.5) is 17.2 Å². The van der Waals surface area contributed by atoms with Crippen LogP contribution in [0.25, 0.3) is 0 Å². The van der Waals surface area contributed by atoms with E-state index in [1.807, 2.05) is 18.2 Å². The summed E-state index contributed by atoms with van der Waals surface area (Å²) in [7, 11) is -3.79. The summed E-state index contributed by atoms with van der Waals surface area (Å²) >= 11 is 6.16. The van der Waals surface area contributed by atoms with Crippen molar-refractivity contribution in [2.24, 2.45) is 0 Å². The third-order valence-electron chi connectivity index (χ3n) is 6.03. The quantitative estimate of drug-likeness (QED) is 0.591. The van der Waals surface area contributed by atoms with Crippen LogP contribution in [0.1, 0.15) is 19.8 Å². The van der Waals surface area contributed by atoms with Gasteiger partial charge in [0.05, 0.1) is 4.90 Å². The Hall–Kier alpha value is -3.17. The SMILES string of the molecule is O=C1[C@@H](N2CCCc3cc(Cl)ccc32)CCN1c1ccc(S(=O)(=O)Nc2ccncn2)cc1.[HH]. The first-order valence-electron chi connectivity index (χ1n) is 10.7. The van der Waals surface area contributed by atoms with Gasteiger partial charge in [0, 0.05) is 37.1 Å². The van der Waals surface area contributed by atoms with E-state index in [2.05, 4.69) is 19.6 Å². The van der Waals surface area contributed by atoms with E-state index in [1.165, 1.54) is 36.3 Å². The van der Waals surface area contributed by atoms with E-state index in [0.717, 1.165) is 25.1 Å². The first-order chi connectivity index (χ1) is 15.9. The highest BCUT2D eigenvalue weighted by atomic mass is 35.5. The highest BCUT2D eigenvalue weighted by Crippen LogP contribution is 2.35. The smallest absolute Gasteiger partial charge is 0.263 e. The van der Waals surface area contributed by atoms with Gasteiger partial charge < -0.3 is 9.80 Å². The Morgan fingerprint density at radius 1 is 1.09 bits per heavy atom. The van der Waals surface area contributed by atoms with Crippen molar-refractivity contribution in [1.29, 1.82) is 0 Å². The molecular weight excluding hydrogens is 462 g/mol. The van der Waals surface area contributed by atoms with E-state index in [9.17, 15) is 13.2 Å². The van der Waals surface area contributed by atoms with Gasteiger partial charge in [-0.3, -0.25) is 9.52 Å². The van der Waals surface area contributed by atoms with Crippen LogP contribution < -0.4 is 14.5 Å².